The number of halogens is 3. The third-order valence-electron chi connectivity index (χ3n) is 4.69. The van der Waals surface area contributed by atoms with Crippen LogP contribution in [-0.2, 0) is 22.7 Å². The quantitative estimate of drug-likeness (QED) is 0.342. The molecule has 2 aromatic heterocycles. The first-order chi connectivity index (χ1) is 16.4. The van der Waals surface area contributed by atoms with Crippen LogP contribution in [0.5, 0.6) is 0 Å². The molecular formula is C21H22F3N7O3S. The number of primary amides is 1. The van der Waals surface area contributed by atoms with Crippen molar-refractivity contribution in [3.8, 4) is 0 Å². The lowest BCUT2D eigenvalue weighted by atomic mass is 10.2. The summed E-state index contributed by atoms with van der Waals surface area (Å²) < 4.78 is 67.1. The van der Waals surface area contributed by atoms with Crippen LogP contribution in [0.25, 0.3) is 0 Å². The van der Waals surface area contributed by atoms with E-state index < -0.39 is 33.5 Å². The van der Waals surface area contributed by atoms with Gasteiger partial charge in [-0.05, 0) is 38.1 Å². The molecule has 3 rings (SSSR count). The standard InChI is InChI=1S/C21H22F3N7O3S/c1-3-35(33,34)31-18-14(8-7-12(2)28-18)10-26-19-16(21(22,23)24)11-27-20(30-19)29-15-6-4-5-13(9-15)17(25)32/h4-9,11H,3,10H2,1-2H3,(H2,25,32)(H,28,31)(H2,26,27,29,30). The topological polar surface area (TPSA) is 152 Å². The molecule has 0 bridgehead atoms. The SMILES string of the molecule is CCS(=O)(=O)Nc1nc(C)ccc1CNc1nc(Nc2cccc(C(N)=O)c2)ncc1C(F)(F)F. The summed E-state index contributed by atoms with van der Waals surface area (Å²) in [7, 11) is -3.67. The van der Waals surface area contributed by atoms with Crippen LogP contribution in [0.1, 0.15) is 34.1 Å². The first-order valence-electron chi connectivity index (χ1n) is 10.2. The Labute approximate surface area is 199 Å². The Balaban J connectivity index is 1.91. The normalized spacial score (nSPS) is 11.7. The highest BCUT2D eigenvalue weighted by atomic mass is 32.2. The minimum atomic E-state index is -4.76. The first kappa shape index (κ1) is 25.7. The molecule has 14 heteroatoms. The predicted molar refractivity (Wildman–Crippen MR) is 125 cm³/mol. The van der Waals surface area contributed by atoms with Gasteiger partial charge in [0.25, 0.3) is 0 Å². The maximum absolute atomic E-state index is 13.6. The van der Waals surface area contributed by atoms with E-state index >= 15 is 0 Å². The highest BCUT2D eigenvalue weighted by Crippen LogP contribution is 2.34. The van der Waals surface area contributed by atoms with Crippen LogP contribution in [0, 0.1) is 6.92 Å². The fraction of sp³-hybridized carbons (Fsp3) is 0.238. The van der Waals surface area contributed by atoms with Gasteiger partial charge in [0.05, 0.1) is 5.75 Å². The Morgan fingerprint density at radius 2 is 1.86 bits per heavy atom. The molecule has 0 fully saturated rings. The third kappa shape index (κ3) is 6.79. The Kier molecular flexibility index (Phi) is 7.43. The molecule has 0 aliphatic rings. The molecule has 2 heterocycles. The molecule has 1 amide bonds. The molecule has 0 saturated carbocycles. The van der Waals surface area contributed by atoms with Gasteiger partial charge in [-0.2, -0.15) is 18.2 Å². The summed E-state index contributed by atoms with van der Waals surface area (Å²) in [4.78, 5) is 23.2. The monoisotopic (exact) mass is 509 g/mol. The summed E-state index contributed by atoms with van der Waals surface area (Å²) in [5.41, 5.74) is 5.48. The van der Waals surface area contributed by atoms with Gasteiger partial charge in [-0.25, -0.2) is 18.4 Å². The molecule has 1 aromatic carbocycles. The van der Waals surface area contributed by atoms with Gasteiger partial charge in [0, 0.05) is 35.2 Å². The number of aryl methyl sites for hydroxylation is 1. The number of hydrogen-bond acceptors (Lipinski definition) is 8. The van der Waals surface area contributed by atoms with Crippen molar-refractivity contribution >= 4 is 39.2 Å². The molecule has 0 unspecified atom stereocenters. The molecular weight excluding hydrogens is 487 g/mol. The van der Waals surface area contributed by atoms with Gasteiger partial charge >= 0.3 is 6.18 Å². The molecule has 0 saturated heterocycles. The second-order valence-electron chi connectivity index (χ2n) is 7.34. The van der Waals surface area contributed by atoms with Gasteiger partial charge in [0.1, 0.15) is 17.2 Å². The summed E-state index contributed by atoms with van der Waals surface area (Å²) >= 11 is 0. The second kappa shape index (κ2) is 10.1. The van der Waals surface area contributed by atoms with Crippen molar-refractivity contribution in [2.45, 2.75) is 26.6 Å². The van der Waals surface area contributed by atoms with E-state index in [1.54, 1.807) is 25.1 Å². The number of rotatable bonds is 9. The number of nitrogens with two attached hydrogens (primary N) is 1. The van der Waals surface area contributed by atoms with E-state index in [9.17, 15) is 26.4 Å². The van der Waals surface area contributed by atoms with E-state index in [4.69, 9.17) is 5.73 Å². The van der Waals surface area contributed by atoms with Gasteiger partial charge in [-0.15, -0.1) is 0 Å². The van der Waals surface area contributed by atoms with Gasteiger partial charge in [-0.3, -0.25) is 9.52 Å². The first-order valence-corrected chi connectivity index (χ1v) is 11.8. The van der Waals surface area contributed by atoms with Crippen molar-refractivity contribution in [3.63, 3.8) is 0 Å². The zero-order valence-corrected chi connectivity index (χ0v) is 19.5. The molecule has 5 N–H and O–H groups in total. The Hall–Kier alpha value is -3.94. The summed E-state index contributed by atoms with van der Waals surface area (Å²) in [5, 5.41) is 5.33. The van der Waals surface area contributed by atoms with Gasteiger partial charge in [0.2, 0.25) is 21.9 Å². The van der Waals surface area contributed by atoms with Crippen molar-refractivity contribution in [2.24, 2.45) is 5.73 Å². The molecule has 10 nitrogen and oxygen atoms in total. The zero-order valence-electron chi connectivity index (χ0n) is 18.6. The Bertz CT molecular complexity index is 1350. The number of sulfonamides is 1. The van der Waals surface area contributed by atoms with Crippen LogP contribution in [0.2, 0.25) is 0 Å². The van der Waals surface area contributed by atoms with Crippen molar-refractivity contribution < 1.29 is 26.4 Å². The average molecular weight is 510 g/mol. The van der Waals surface area contributed by atoms with E-state index in [0.717, 1.165) is 0 Å². The number of nitrogens with zero attached hydrogens (tertiary/aromatic N) is 3. The number of pyridine rings is 1. The summed E-state index contributed by atoms with van der Waals surface area (Å²) in [5.74, 6) is -1.58. The molecule has 0 aliphatic heterocycles. The van der Waals surface area contributed by atoms with Crippen LogP contribution < -0.4 is 21.1 Å². The fourth-order valence-electron chi connectivity index (χ4n) is 2.88. The molecule has 0 atom stereocenters. The minimum Gasteiger partial charge on any atom is -0.366 e. The largest absolute Gasteiger partial charge is 0.421 e. The number of aromatic nitrogens is 3. The Morgan fingerprint density at radius 3 is 2.51 bits per heavy atom. The lowest BCUT2D eigenvalue weighted by Crippen LogP contribution is -2.19. The van der Waals surface area contributed by atoms with Crippen molar-refractivity contribution in [2.75, 3.05) is 21.1 Å². The van der Waals surface area contributed by atoms with Gasteiger partial charge in [-0.1, -0.05) is 12.1 Å². The van der Waals surface area contributed by atoms with Crippen molar-refractivity contribution in [1.82, 2.24) is 15.0 Å². The number of anilines is 4. The van der Waals surface area contributed by atoms with Crippen LogP contribution in [-0.4, -0.2) is 35.0 Å². The van der Waals surface area contributed by atoms with Gasteiger partial charge < -0.3 is 16.4 Å². The second-order valence-corrected chi connectivity index (χ2v) is 9.35. The minimum absolute atomic E-state index is 0.00331. The smallest absolute Gasteiger partial charge is 0.366 e. The number of nitrogens with one attached hydrogen (secondary N) is 3. The number of amides is 1. The molecule has 0 spiro atoms. The highest BCUT2D eigenvalue weighted by molar-refractivity contribution is 7.92. The van der Waals surface area contributed by atoms with Crippen molar-refractivity contribution in [1.29, 1.82) is 0 Å². The molecule has 0 radical (unpaired) electrons. The van der Waals surface area contributed by atoms with E-state index in [1.165, 1.54) is 25.1 Å². The summed E-state index contributed by atoms with van der Waals surface area (Å²) in [6.45, 7) is 2.88. The van der Waals surface area contributed by atoms with E-state index in [0.29, 0.717) is 23.1 Å². The lowest BCUT2D eigenvalue weighted by Gasteiger charge is -2.16. The summed E-state index contributed by atoms with van der Waals surface area (Å²) in [6, 6.07) is 9.13. The maximum Gasteiger partial charge on any atom is 0.421 e. The number of hydrogen-bond donors (Lipinski definition) is 4. The van der Waals surface area contributed by atoms with E-state index in [2.05, 4.69) is 30.3 Å². The lowest BCUT2D eigenvalue weighted by molar-refractivity contribution is -0.137. The highest BCUT2D eigenvalue weighted by Gasteiger charge is 2.35. The number of benzene rings is 1. The fourth-order valence-corrected chi connectivity index (χ4v) is 3.49. The van der Waals surface area contributed by atoms with Crippen LogP contribution >= 0.6 is 0 Å². The molecule has 35 heavy (non-hydrogen) atoms. The van der Waals surface area contributed by atoms with E-state index in [1.807, 2.05) is 0 Å². The predicted octanol–water partition coefficient (Wildman–Crippen LogP) is 3.42. The molecule has 3 aromatic rings. The Morgan fingerprint density at radius 1 is 1.11 bits per heavy atom. The van der Waals surface area contributed by atoms with E-state index in [-0.39, 0.29) is 29.6 Å². The van der Waals surface area contributed by atoms with Crippen molar-refractivity contribution in [3.05, 3.63) is 65.0 Å². The van der Waals surface area contributed by atoms with Crippen LogP contribution in [0.15, 0.2) is 42.6 Å². The number of carbonyl (C=O) groups excluding carboxylic acids is 1. The molecule has 0 aliphatic carbocycles. The van der Waals surface area contributed by atoms with Crippen LogP contribution in [0.4, 0.5) is 36.4 Å². The number of carbonyl (C=O) groups is 1. The maximum atomic E-state index is 13.6. The zero-order chi connectivity index (χ0) is 25.8. The van der Waals surface area contributed by atoms with Gasteiger partial charge in [0.15, 0.2) is 0 Å². The average Bonchev–Trinajstić information content (AvgIpc) is 2.78. The molecule has 186 valence electrons. The van der Waals surface area contributed by atoms with Crippen LogP contribution in [0.3, 0.4) is 0 Å². The number of alkyl halides is 3. The third-order valence-corrected chi connectivity index (χ3v) is 5.96. The summed E-state index contributed by atoms with van der Waals surface area (Å²) in [6.07, 6.45) is -4.14.